The van der Waals surface area contributed by atoms with Gasteiger partial charge in [0.2, 0.25) is 5.82 Å². The summed E-state index contributed by atoms with van der Waals surface area (Å²) in [6.07, 6.45) is 7.79. The Morgan fingerprint density at radius 3 is 3.14 bits per heavy atom. The van der Waals surface area contributed by atoms with Gasteiger partial charge < -0.3 is 20.0 Å². The highest BCUT2D eigenvalue weighted by molar-refractivity contribution is 5.80. The second kappa shape index (κ2) is 8.15. The molecule has 1 fully saturated rings. The number of hydrogen-bond acceptors (Lipinski definition) is 6. The van der Waals surface area contributed by atoms with Crippen molar-refractivity contribution in [1.82, 2.24) is 35.6 Å². The van der Waals surface area contributed by atoms with Crippen LogP contribution in [-0.4, -0.2) is 57.1 Å². The number of hydrogen-bond donors (Lipinski definition) is 3. The molecule has 28 heavy (non-hydrogen) atoms. The van der Waals surface area contributed by atoms with Gasteiger partial charge >= 0.3 is 0 Å². The summed E-state index contributed by atoms with van der Waals surface area (Å²) < 4.78 is 7.15. The van der Waals surface area contributed by atoms with Gasteiger partial charge in [-0.15, -0.1) is 5.10 Å². The molecule has 4 heterocycles. The van der Waals surface area contributed by atoms with Crippen molar-refractivity contribution in [1.29, 1.82) is 0 Å². The number of aromatic nitrogens is 5. The van der Waals surface area contributed by atoms with E-state index in [9.17, 15) is 0 Å². The van der Waals surface area contributed by atoms with Crippen molar-refractivity contribution in [2.45, 2.75) is 25.4 Å². The zero-order valence-corrected chi connectivity index (χ0v) is 16.1. The summed E-state index contributed by atoms with van der Waals surface area (Å²) in [5, 5.41) is 18.2. The lowest BCUT2D eigenvalue weighted by molar-refractivity contribution is 0.467. The molecular formula is C18H25N9O. The maximum absolute atomic E-state index is 5.32. The second-order valence-corrected chi connectivity index (χ2v) is 6.81. The van der Waals surface area contributed by atoms with Crippen molar-refractivity contribution in [2.24, 2.45) is 12.0 Å². The summed E-state index contributed by atoms with van der Waals surface area (Å²) in [6, 6.07) is 3.96. The smallest absolute Gasteiger partial charge is 0.216 e. The van der Waals surface area contributed by atoms with Crippen LogP contribution in [0.2, 0.25) is 0 Å². The minimum Gasteiger partial charge on any atom is -0.461 e. The molecule has 148 valence electrons. The molecule has 1 aliphatic rings. The molecular weight excluding hydrogens is 358 g/mol. The number of nitrogens with zero attached hydrogens (tertiary/aromatic N) is 6. The topological polar surface area (TPSA) is 112 Å². The van der Waals surface area contributed by atoms with Crippen LogP contribution >= 0.6 is 0 Å². The summed E-state index contributed by atoms with van der Waals surface area (Å²) >= 11 is 0. The van der Waals surface area contributed by atoms with Crippen LogP contribution < -0.4 is 15.5 Å². The maximum Gasteiger partial charge on any atom is 0.216 e. The normalized spacial score (nSPS) is 17.7. The number of guanidine groups is 1. The van der Waals surface area contributed by atoms with E-state index in [0.717, 1.165) is 43.4 Å². The number of H-pyrrole nitrogens is 1. The molecule has 1 saturated heterocycles. The van der Waals surface area contributed by atoms with Gasteiger partial charge in [-0.1, -0.05) is 0 Å². The van der Waals surface area contributed by atoms with E-state index in [-0.39, 0.29) is 0 Å². The number of nitrogens with one attached hydrogen (secondary N) is 3. The van der Waals surface area contributed by atoms with Crippen LogP contribution in [0.4, 0.5) is 5.69 Å². The lowest BCUT2D eigenvalue weighted by Gasteiger charge is -2.34. The molecule has 3 aromatic rings. The van der Waals surface area contributed by atoms with Crippen LogP contribution in [0.15, 0.2) is 40.2 Å². The van der Waals surface area contributed by atoms with Gasteiger partial charge in [-0.25, -0.2) is 4.98 Å². The Morgan fingerprint density at radius 1 is 1.46 bits per heavy atom. The number of rotatable bonds is 5. The highest BCUT2D eigenvalue weighted by atomic mass is 16.3. The molecule has 3 aromatic heterocycles. The predicted molar refractivity (Wildman–Crippen MR) is 106 cm³/mol. The van der Waals surface area contributed by atoms with Crippen LogP contribution in [0, 0.1) is 0 Å². The third-order valence-corrected chi connectivity index (χ3v) is 4.74. The minimum atomic E-state index is 0.313. The zero-order chi connectivity index (χ0) is 19.3. The van der Waals surface area contributed by atoms with E-state index in [2.05, 4.69) is 47.0 Å². The van der Waals surface area contributed by atoms with E-state index in [4.69, 9.17) is 4.42 Å². The summed E-state index contributed by atoms with van der Waals surface area (Å²) in [5.41, 5.74) is 1.16. The molecule has 0 spiro atoms. The first-order valence-corrected chi connectivity index (χ1v) is 9.37. The van der Waals surface area contributed by atoms with Gasteiger partial charge in [-0.05, 0) is 25.0 Å². The third kappa shape index (κ3) is 4.16. The van der Waals surface area contributed by atoms with Gasteiger partial charge in [0, 0.05) is 39.4 Å². The first-order chi connectivity index (χ1) is 13.7. The first kappa shape index (κ1) is 18.1. The first-order valence-electron chi connectivity index (χ1n) is 9.37. The van der Waals surface area contributed by atoms with E-state index in [1.54, 1.807) is 13.3 Å². The largest absolute Gasteiger partial charge is 0.461 e. The molecule has 0 aromatic carbocycles. The maximum atomic E-state index is 5.32. The molecule has 10 nitrogen and oxygen atoms in total. The molecule has 1 atom stereocenters. The standard InChI is InChI=1S/C18H25N9O/c1-19-18(20-10-16-23-17(25-24-16)15-6-4-8-28-15)22-13-5-3-7-27(11-13)14-9-21-26(2)12-14/h4,6,8-9,12-13H,3,5,7,10-11H2,1-2H3,(H2,19,20,22)(H,23,24,25). The molecule has 0 radical (unpaired) electrons. The fourth-order valence-corrected chi connectivity index (χ4v) is 3.35. The SMILES string of the molecule is CN=C(NCc1nc(-c2ccco2)n[nH]1)NC1CCCN(c2cnn(C)c2)C1. The van der Waals surface area contributed by atoms with Crippen LogP contribution in [-0.2, 0) is 13.6 Å². The fourth-order valence-electron chi connectivity index (χ4n) is 3.35. The number of aliphatic imine (C=N–C) groups is 1. The Labute approximate surface area is 163 Å². The van der Waals surface area contributed by atoms with Crippen molar-refractivity contribution in [3.63, 3.8) is 0 Å². The van der Waals surface area contributed by atoms with Crippen LogP contribution in [0.25, 0.3) is 11.6 Å². The monoisotopic (exact) mass is 383 g/mol. The van der Waals surface area contributed by atoms with Crippen molar-refractivity contribution >= 4 is 11.6 Å². The minimum absolute atomic E-state index is 0.313. The van der Waals surface area contributed by atoms with Crippen LogP contribution in [0.3, 0.4) is 0 Å². The molecule has 4 rings (SSSR count). The molecule has 0 bridgehead atoms. The van der Waals surface area contributed by atoms with E-state index >= 15 is 0 Å². The van der Waals surface area contributed by atoms with Crippen molar-refractivity contribution in [2.75, 3.05) is 25.0 Å². The highest BCUT2D eigenvalue weighted by Crippen LogP contribution is 2.19. The summed E-state index contributed by atoms with van der Waals surface area (Å²) in [4.78, 5) is 11.1. The number of piperidine rings is 1. The van der Waals surface area contributed by atoms with E-state index in [1.807, 2.05) is 30.1 Å². The molecule has 0 aliphatic carbocycles. The molecule has 1 aliphatic heterocycles. The van der Waals surface area contributed by atoms with Crippen molar-refractivity contribution in [3.8, 4) is 11.6 Å². The Bertz CT molecular complexity index is 911. The zero-order valence-electron chi connectivity index (χ0n) is 16.1. The Kier molecular flexibility index (Phi) is 5.27. The second-order valence-electron chi connectivity index (χ2n) is 6.81. The lowest BCUT2D eigenvalue weighted by atomic mass is 10.1. The third-order valence-electron chi connectivity index (χ3n) is 4.74. The molecule has 10 heteroatoms. The van der Waals surface area contributed by atoms with Crippen LogP contribution in [0.5, 0.6) is 0 Å². The van der Waals surface area contributed by atoms with E-state index in [1.165, 1.54) is 0 Å². The molecule has 3 N–H and O–H groups in total. The predicted octanol–water partition coefficient (Wildman–Crippen LogP) is 1.13. The van der Waals surface area contributed by atoms with Gasteiger partial charge in [-0.3, -0.25) is 14.8 Å². The fraction of sp³-hybridized carbons (Fsp3) is 0.444. The summed E-state index contributed by atoms with van der Waals surface area (Å²) in [6.45, 7) is 2.45. The van der Waals surface area contributed by atoms with E-state index < -0.39 is 0 Å². The summed E-state index contributed by atoms with van der Waals surface area (Å²) in [7, 11) is 3.71. The highest BCUT2D eigenvalue weighted by Gasteiger charge is 2.22. The van der Waals surface area contributed by atoms with Gasteiger partial charge in [0.15, 0.2) is 11.7 Å². The summed E-state index contributed by atoms with van der Waals surface area (Å²) in [5.74, 6) is 2.65. The van der Waals surface area contributed by atoms with Crippen molar-refractivity contribution < 1.29 is 4.42 Å². The van der Waals surface area contributed by atoms with Crippen molar-refractivity contribution in [3.05, 3.63) is 36.6 Å². The quantitative estimate of drug-likeness (QED) is 0.447. The Morgan fingerprint density at radius 2 is 2.39 bits per heavy atom. The average molecular weight is 383 g/mol. The van der Waals surface area contributed by atoms with Gasteiger partial charge in [-0.2, -0.15) is 5.10 Å². The van der Waals surface area contributed by atoms with Crippen LogP contribution in [0.1, 0.15) is 18.7 Å². The van der Waals surface area contributed by atoms with Gasteiger partial charge in [0.25, 0.3) is 0 Å². The Balaban J connectivity index is 1.31. The lowest BCUT2D eigenvalue weighted by Crippen LogP contribution is -2.51. The Hall–Kier alpha value is -3.30. The van der Waals surface area contributed by atoms with Gasteiger partial charge in [0.05, 0.1) is 24.7 Å². The number of anilines is 1. The molecule has 0 saturated carbocycles. The molecule has 0 amide bonds. The van der Waals surface area contributed by atoms with Gasteiger partial charge in [0.1, 0.15) is 5.82 Å². The number of furan rings is 1. The number of aromatic amines is 1. The van der Waals surface area contributed by atoms with E-state index in [0.29, 0.717) is 24.2 Å². The average Bonchev–Trinajstić information content (AvgIpc) is 3.46. The molecule has 1 unspecified atom stereocenters. The number of aryl methyl sites for hydroxylation is 1.